The summed E-state index contributed by atoms with van der Waals surface area (Å²) >= 11 is 0. The van der Waals surface area contributed by atoms with Crippen molar-refractivity contribution >= 4 is 60.8 Å². The summed E-state index contributed by atoms with van der Waals surface area (Å²) in [6, 6.07) is 87.0. The van der Waals surface area contributed by atoms with Crippen molar-refractivity contribution in [1.29, 1.82) is 0 Å². The van der Waals surface area contributed by atoms with Crippen LogP contribution < -0.4 is 4.90 Å². The number of para-hydroxylation sites is 3. The molecule has 0 aliphatic carbocycles. The highest BCUT2D eigenvalue weighted by Gasteiger charge is 2.23. The Labute approximate surface area is 398 Å². The number of benzene rings is 10. The average Bonchev–Trinajstić information content (AvgIpc) is 3.99. The Kier molecular flexibility index (Phi) is 9.72. The number of aromatic nitrogens is 4. The largest absolute Gasteiger partial charge is 0.455 e. The molecule has 0 aliphatic rings. The molecule has 0 aliphatic heterocycles. The fraction of sp³-hybridized carbons (Fsp3) is 0. The van der Waals surface area contributed by atoms with Crippen molar-refractivity contribution in [3.05, 3.63) is 249 Å². The van der Waals surface area contributed by atoms with Crippen molar-refractivity contribution < 1.29 is 4.42 Å². The van der Waals surface area contributed by atoms with Gasteiger partial charge in [0.25, 0.3) is 0 Å². The maximum Gasteiger partial charge on any atom is 0.167 e. The number of anilines is 3. The molecular formula is C63H41N5O. The van der Waals surface area contributed by atoms with Crippen LogP contribution in [0.25, 0.3) is 106 Å². The van der Waals surface area contributed by atoms with Gasteiger partial charge in [0.2, 0.25) is 0 Å². The van der Waals surface area contributed by atoms with E-state index >= 15 is 0 Å². The summed E-state index contributed by atoms with van der Waals surface area (Å²) in [4.78, 5) is 17.5. The highest BCUT2D eigenvalue weighted by molar-refractivity contribution is 6.16. The molecule has 13 aromatic rings. The number of fused-ring (bicyclic) bond motifs is 6. The fourth-order valence-electron chi connectivity index (χ4n) is 9.81. The third-order valence-electron chi connectivity index (χ3n) is 13.1. The molecule has 324 valence electrons. The van der Waals surface area contributed by atoms with E-state index in [2.05, 4.69) is 185 Å². The number of hydrogen-bond acceptors (Lipinski definition) is 5. The second-order valence-corrected chi connectivity index (χ2v) is 17.2. The monoisotopic (exact) mass is 883 g/mol. The minimum Gasteiger partial charge on any atom is -0.455 e. The Bertz CT molecular complexity index is 3880. The molecule has 6 heteroatoms. The van der Waals surface area contributed by atoms with Crippen LogP contribution in [0.4, 0.5) is 17.1 Å². The second-order valence-electron chi connectivity index (χ2n) is 17.2. The summed E-state index contributed by atoms with van der Waals surface area (Å²) < 4.78 is 9.28. The van der Waals surface area contributed by atoms with E-state index in [1.54, 1.807) is 0 Å². The van der Waals surface area contributed by atoms with Crippen LogP contribution in [0.5, 0.6) is 0 Å². The highest BCUT2D eigenvalue weighted by Crippen LogP contribution is 2.45. The average molecular weight is 884 g/mol. The Morgan fingerprint density at radius 2 is 0.812 bits per heavy atom. The van der Waals surface area contributed by atoms with Gasteiger partial charge in [0, 0.05) is 44.3 Å². The first-order valence-electron chi connectivity index (χ1n) is 23.2. The third-order valence-corrected chi connectivity index (χ3v) is 13.1. The van der Waals surface area contributed by atoms with Gasteiger partial charge in [-0.2, -0.15) is 0 Å². The minimum atomic E-state index is 0.542. The van der Waals surface area contributed by atoms with Gasteiger partial charge in [0.05, 0.1) is 27.7 Å². The van der Waals surface area contributed by atoms with Crippen molar-refractivity contribution in [1.82, 2.24) is 19.5 Å². The molecule has 0 atom stereocenters. The van der Waals surface area contributed by atoms with Crippen molar-refractivity contribution in [3.8, 4) is 62.1 Å². The molecule has 3 aromatic heterocycles. The van der Waals surface area contributed by atoms with E-state index in [4.69, 9.17) is 19.4 Å². The lowest BCUT2D eigenvalue weighted by atomic mass is 10.0. The highest BCUT2D eigenvalue weighted by atomic mass is 16.3. The summed E-state index contributed by atoms with van der Waals surface area (Å²) in [5.74, 6) is 1.74. The van der Waals surface area contributed by atoms with Crippen LogP contribution in [-0.4, -0.2) is 19.5 Å². The maximum absolute atomic E-state index is 6.91. The number of furan rings is 1. The topological polar surface area (TPSA) is 60.0 Å². The zero-order valence-electron chi connectivity index (χ0n) is 37.3. The molecule has 13 rings (SSSR count). The van der Waals surface area contributed by atoms with Gasteiger partial charge in [0.1, 0.15) is 11.2 Å². The van der Waals surface area contributed by atoms with Gasteiger partial charge in [0.15, 0.2) is 17.5 Å². The van der Waals surface area contributed by atoms with E-state index in [1.165, 1.54) is 27.4 Å². The van der Waals surface area contributed by atoms with Gasteiger partial charge in [-0.25, -0.2) is 15.0 Å². The van der Waals surface area contributed by atoms with Crippen LogP contribution in [0.3, 0.4) is 0 Å². The first-order chi connectivity index (χ1) is 34.2. The molecule has 0 radical (unpaired) electrons. The molecule has 10 aromatic carbocycles. The summed E-state index contributed by atoms with van der Waals surface area (Å²) in [7, 11) is 0. The van der Waals surface area contributed by atoms with E-state index in [0.29, 0.717) is 23.1 Å². The molecule has 0 saturated heterocycles. The molecule has 0 bridgehead atoms. The molecule has 0 saturated carbocycles. The van der Waals surface area contributed by atoms with Crippen molar-refractivity contribution in [3.63, 3.8) is 0 Å². The molecule has 6 nitrogen and oxygen atoms in total. The maximum atomic E-state index is 6.91. The lowest BCUT2D eigenvalue weighted by Gasteiger charge is -2.26. The normalized spacial score (nSPS) is 11.5. The number of hydrogen-bond donors (Lipinski definition) is 0. The second kappa shape index (κ2) is 16.8. The van der Waals surface area contributed by atoms with Crippen molar-refractivity contribution in [2.24, 2.45) is 0 Å². The summed E-state index contributed by atoms with van der Waals surface area (Å²) in [5.41, 5.74) is 15.2. The molecule has 0 spiro atoms. The molecule has 69 heavy (non-hydrogen) atoms. The molecule has 0 fully saturated rings. The van der Waals surface area contributed by atoms with E-state index in [0.717, 1.165) is 72.5 Å². The fourth-order valence-corrected chi connectivity index (χ4v) is 9.81. The van der Waals surface area contributed by atoms with Gasteiger partial charge in [-0.3, -0.25) is 0 Å². The van der Waals surface area contributed by atoms with Crippen LogP contribution in [0.2, 0.25) is 0 Å². The van der Waals surface area contributed by atoms with Crippen molar-refractivity contribution in [2.45, 2.75) is 0 Å². The van der Waals surface area contributed by atoms with Gasteiger partial charge < -0.3 is 13.9 Å². The van der Waals surface area contributed by atoms with E-state index in [1.807, 2.05) is 72.8 Å². The van der Waals surface area contributed by atoms with E-state index in [-0.39, 0.29) is 0 Å². The van der Waals surface area contributed by atoms with E-state index < -0.39 is 0 Å². The Morgan fingerprint density at radius 1 is 0.348 bits per heavy atom. The van der Waals surface area contributed by atoms with Crippen LogP contribution >= 0.6 is 0 Å². The zero-order valence-corrected chi connectivity index (χ0v) is 37.3. The number of rotatable bonds is 9. The first kappa shape index (κ1) is 39.9. The Balaban J connectivity index is 0.947. The Morgan fingerprint density at radius 3 is 1.42 bits per heavy atom. The van der Waals surface area contributed by atoms with Gasteiger partial charge in [-0.05, 0) is 89.0 Å². The number of nitrogens with zero attached hydrogens (tertiary/aromatic N) is 5. The van der Waals surface area contributed by atoms with Crippen LogP contribution in [0.1, 0.15) is 0 Å². The molecule has 3 heterocycles. The standard InChI is InChI=1S/C63H41N5O/c1-4-17-42(18-5-1)43-33-37-48(38-34-43)67(49-39-35-44(36-40-49)47-23-14-24-50(41-47)68-55-29-12-10-25-51(55)52-26-11-13-30-56(52)68)57-31-16-32-58-59(57)53-27-15-28-54(60(53)69-58)63-65-61(45-19-6-2-7-20-45)64-62(66-63)46-21-8-3-9-22-46/h1-41H. The predicted molar refractivity (Wildman–Crippen MR) is 283 cm³/mol. The third kappa shape index (κ3) is 7.10. The predicted octanol–water partition coefficient (Wildman–Crippen LogP) is 16.7. The van der Waals surface area contributed by atoms with Gasteiger partial charge in [-0.15, -0.1) is 0 Å². The first-order valence-corrected chi connectivity index (χ1v) is 23.2. The van der Waals surface area contributed by atoms with E-state index in [9.17, 15) is 0 Å². The molecule has 0 unspecified atom stereocenters. The zero-order chi connectivity index (χ0) is 45.7. The summed E-state index contributed by atoms with van der Waals surface area (Å²) in [6.07, 6.45) is 0. The summed E-state index contributed by atoms with van der Waals surface area (Å²) in [5, 5.41) is 4.45. The lowest BCUT2D eigenvalue weighted by Crippen LogP contribution is -2.10. The van der Waals surface area contributed by atoms with Crippen LogP contribution in [0, 0.1) is 0 Å². The lowest BCUT2D eigenvalue weighted by molar-refractivity contribution is 0.669. The molecular weight excluding hydrogens is 843 g/mol. The quantitative estimate of drug-likeness (QED) is 0.145. The van der Waals surface area contributed by atoms with Crippen molar-refractivity contribution in [2.75, 3.05) is 4.90 Å². The smallest absolute Gasteiger partial charge is 0.167 e. The molecule has 0 amide bonds. The van der Waals surface area contributed by atoms with Gasteiger partial charge in [-0.1, -0.05) is 182 Å². The Hall–Kier alpha value is -9.39. The minimum absolute atomic E-state index is 0.542. The van der Waals surface area contributed by atoms with Gasteiger partial charge >= 0.3 is 0 Å². The molecule has 0 N–H and O–H groups in total. The summed E-state index contributed by atoms with van der Waals surface area (Å²) in [6.45, 7) is 0. The SMILES string of the molecule is c1ccc(-c2ccc(N(c3ccc(-c4cccc(-n5c6ccccc6c6ccccc65)c4)cc3)c3cccc4oc5c(-c6nc(-c7ccccc7)nc(-c7ccccc7)n6)cccc5c34)cc2)cc1. The van der Waals surface area contributed by atoms with Crippen LogP contribution in [0.15, 0.2) is 253 Å². The van der Waals surface area contributed by atoms with Crippen LogP contribution in [-0.2, 0) is 0 Å².